The maximum Gasteiger partial charge on any atom is 0.231 e. The molecule has 1 aromatic rings. The average Bonchev–Trinajstić information content (AvgIpc) is 2.81. The van der Waals surface area contributed by atoms with Crippen molar-refractivity contribution >= 4 is 21.8 Å². The molecule has 104 valence electrons. The summed E-state index contributed by atoms with van der Waals surface area (Å²) in [7, 11) is 0. The van der Waals surface area contributed by atoms with Crippen LogP contribution in [0.1, 0.15) is 31.7 Å². The molecule has 0 bridgehead atoms. The van der Waals surface area contributed by atoms with Crippen molar-refractivity contribution < 1.29 is 9.53 Å². The molecular formula is C15H20BrNO2. The predicted octanol–water partition coefficient (Wildman–Crippen LogP) is 3.09. The Morgan fingerprint density at radius 2 is 2.21 bits per heavy atom. The maximum absolute atomic E-state index is 12.3. The topological polar surface area (TPSA) is 38.3 Å². The zero-order valence-corrected chi connectivity index (χ0v) is 12.9. The van der Waals surface area contributed by atoms with Crippen LogP contribution in [-0.4, -0.2) is 23.9 Å². The third kappa shape index (κ3) is 3.50. The number of carbonyl (C=O) groups excluding carboxylic acids is 1. The summed E-state index contributed by atoms with van der Waals surface area (Å²) in [6.07, 6.45) is 0.978. The van der Waals surface area contributed by atoms with E-state index < -0.39 is 0 Å². The average molecular weight is 326 g/mol. The van der Waals surface area contributed by atoms with E-state index in [4.69, 9.17) is 4.74 Å². The van der Waals surface area contributed by atoms with Gasteiger partial charge in [0.2, 0.25) is 5.91 Å². The summed E-state index contributed by atoms with van der Waals surface area (Å²) in [5, 5.41) is 3.90. The molecule has 1 aliphatic heterocycles. The molecule has 1 aromatic carbocycles. The Bertz CT molecular complexity index is 448. The highest BCUT2D eigenvalue weighted by Crippen LogP contribution is 2.33. The third-order valence-electron chi connectivity index (χ3n) is 3.30. The Morgan fingerprint density at radius 3 is 2.89 bits per heavy atom. The predicted molar refractivity (Wildman–Crippen MR) is 79.9 cm³/mol. The van der Waals surface area contributed by atoms with Crippen LogP contribution >= 0.6 is 15.9 Å². The molecule has 0 saturated carbocycles. The van der Waals surface area contributed by atoms with Crippen LogP contribution in [0, 0.1) is 5.92 Å². The van der Waals surface area contributed by atoms with E-state index in [1.54, 1.807) is 0 Å². The molecule has 0 aromatic heterocycles. The minimum Gasteiger partial charge on any atom is -0.492 e. The molecule has 2 atom stereocenters. The van der Waals surface area contributed by atoms with Gasteiger partial charge in [0.1, 0.15) is 18.3 Å². The van der Waals surface area contributed by atoms with Gasteiger partial charge in [-0.2, -0.15) is 0 Å². The van der Waals surface area contributed by atoms with Crippen molar-refractivity contribution in [2.75, 3.05) is 11.9 Å². The van der Waals surface area contributed by atoms with Crippen molar-refractivity contribution in [2.45, 2.75) is 32.2 Å². The lowest BCUT2D eigenvalue weighted by molar-refractivity contribution is -0.123. The largest absolute Gasteiger partial charge is 0.492 e. The Kier molecular flexibility index (Phi) is 4.86. The fraction of sp³-hybridized carbons (Fsp3) is 0.533. The smallest absolute Gasteiger partial charge is 0.231 e. The molecule has 1 heterocycles. The highest BCUT2D eigenvalue weighted by atomic mass is 79.9. The van der Waals surface area contributed by atoms with Gasteiger partial charge in [-0.05, 0) is 18.4 Å². The summed E-state index contributed by atoms with van der Waals surface area (Å²) in [6.45, 7) is 4.77. The van der Waals surface area contributed by atoms with Gasteiger partial charge in [0.15, 0.2) is 0 Å². The molecule has 0 fully saturated rings. The maximum atomic E-state index is 12.3. The number of rotatable bonds is 5. The molecule has 1 amide bonds. The fourth-order valence-corrected chi connectivity index (χ4v) is 2.84. The Morgan fingerprint density at radius 1 is 1.47 bits per heavy atom. The van der Waals surface area contributed by atoms with Gasteiger partial charge in [-0.1, -0.05) is 48.0 Å². The molecule has 0 aliphatic carbocycles. The molecule has 0 saturated heterocycles. The lowest BCUT2D eigenvalue weighted by atomic mass is 9.99. The highest BCUT2D eigenvalue weighted by Gasteiger charge is 2.31. The number of amides is 1. The van der Waals surface area contributed by atoms with Crippen LogP contribution in [0.25, 0.3) is 0 Å². The first-order valence-corrected chi connectivity index (χ1v) is 7.82. The van der Waals surface area contributed by atoms with Gasteiger partial charge in [-0.25, -0.2) is 0 Å². The number of fused-ring (bicyclic) bond motifs is 1. The molecule has 4 heteroatoms. The van der Waals surface area contributed by atoms with Crippen LogP contribution in [0.15, 0.2) is 24.3 Å². The summed E-state index contributed by atoms with van der Waals surface area (Å²) in [4.78, 5) is 12.3. The van der Waals surface area contributed by atoms with E-state index in [1.165, 1.54) is 0 Å². The number of halogens is 1. The van der Waals surface area contributed by atoms with Gasteiger partial charge in [-0.15, -0.1) is 0 Å². The number of hydrogen-bond acceptors (Lipinski definition) is 2. The number of hydrogen-bond donors (Lipinski definition) is 1. The van der Waals surface area contributed by atoms with Gasteiger partial charge in [0.05, 0.1) is 0 Å². The molecule has 19 heavy (non-hydrogen) atoms. The number of carbonyl (C=O) groups is 1. The summed E-state index contributed by atoms with van der Waals surface area (Å²) in [5.41, 5.74) is 0.998. The van der Waals surface area contributed by atoms with E-state index in [-0.39, 0.29) is 17.9 Å². The van der Waals surface area contributed by atoms with Crippen LogP contribution in [0.4, 0.5) is 0 Å². The zero-order chi connectivity index (χ0) is 13.8. The SMILES string of the molecule is CC(C)CC(CBr)NC(=O)C1COc2ccccc21. The van der Waals surface area contributed by atoms with Crippen LogP contribution in [0.5, 0.6) is 5.75 Å². The second kappa shape index (κ2) is 6.42. The highest BCUT2D eigenvalue weighted by molar-refractivity contribution is 9.09. The number of para-hydroxylation sites is 1. The van der Waals surface area contributed by atoms with Gasteiger partial charge in [0, 0.05) is 16.9 Å². The molecule has 2 unspecified atom stereocenters. The summed E-state index contributed by atoms with van der Waals surface area (Å²) in [5.74, 6) is 1.29. The Hall–Kier alpha value is -1.03. The van der Waals surface area contributed by atoms with Crippen molar-refractivity contribution in [2.24, 2.45) is 5.92 Å². The second-order valence-electron chi connectivity index (χ2n) is 5.39. The van der Waals surface area contributed by atoms with Crippen LogP contribution < -0.4 is 10.1 Å². The third-order valence-corrected chi connectivity index (χ3v) is 4.09. The zero-order valence-electron chi connectivity index (χ0n) is 11.4. The molecule has 0 radical (unpaired) electrons. The monoisotopic (exact) mass is 325 g/mol. The quantitative estimate of drug-likeness (QED) is 0.845. The van der Waals surface area contributed by atoms with Crippen LogP contribution in [0.2, 0.25) is 0 Å². The lowest BCUT2D eigenvalue weighted by Gasteiger charge is -2.20. The number of alkyl halides is 1. The van der Waals surface area contributed by atoms with Crippen molar-refractivity contribution in [1.29, 1.82) is 0 Å². The molecule has 2 rings (SSSR count). The van der Waals surface area contributed by atoms with E-state index in [1.807, 2.05) is 24.3 Å². The fourth-order valence-electron chi connectivity index (χ4n) is 2.41. The van der Waals surface area contributed by atoms with Crippen molar-refractivity contribution in [1.82, 2.24) is 5.32 Å². The van der Waals surface area contributed by atoms with Gasteiger partial charge < -0.3 is 10.1 Å². The van der Waals surface area contributed by atoms with Crippen molar-refractivity contribution in [3.05, 3.63) is 29.8 Å². The van der Waals surface area contributed by atoms with Gasteiger partial charge >= 0.3 is 0 Å². The molecule has 1 aliphatic rings. The molecule has 3 nitrogen and oxygen atoms in total. The normalized spacial score (nSPS) is 18.8. The van der Waals surface area contributed by atoms with E-state index in [0.29, 0.717) is 12.5 Å². The standard InChI is InChI=1S/C15H20BrNO2/c1-10(2)7-11(8-16)17-15(18)13-9-19-14-6-4-3-5-12(13)14/h3-6,10-11,13H,7-9H2,1-2H3,(H,17,18). The Labute approximate surface area is 122 Å². The molecule has 0 spiro atoms. The van der Waals surface area contributed by atoms with Crippen molar-refractivity contribution in [3.63, 3.8) is 0 Å². The van der Waals surface area contributed by atoms with Gasteiger partial charge in [0.25, 0.3) is 0 Å². The number of nitrogens with one attached hydrogen (secondary N) is 1. The summed E-state index contributed by atoms with van der Waals surface area (Å²) < 4.78 is 5.56. The van der Waals surface area contributed by atoms with E-state index in [2.05, 4.69) is 35.1 Å². The molecular weight excluding hydrogens is 306 g/mol. The minimum absolute atomic E-state index is 0.0649. The summed E-state index contributed by atoms with van der Waals surface area (Å²) >= 11 is 3.47. The van der Waals surface area contributed by atoms with E-state index >= 15 is 0 Å². The van der Waals surface area contributed by atoms with Gasteiger partial charge in [-0.3, -0.25) is 4.79 Å². The van der Waals surface area contributed by atoms with E-state index in [0.717, 1.165) is 23.1 Å². The Balaban J connectivity index is 2.01. The molecule has 1 N–H and O–H groups in total. The number of ether oxygens (including phenoxy) is 1. The first-order valence-electron chi connectivity index (χ1n) is 6.70. The number of benzene rings is 1. The summed E-state index contributed by atoms with van der Waals surface area (Å²) in [6, 6.07) is 7.94. The lowest BCUT2D eigenvalue weighted by Crippen LogP contribution is -2.40. The minimum atomic E-state index is -0.176. The van der Waals surface area contributed by atoms with E-state index in [9.17, 15) is 4.79 Å². The second-order valence-corrected chi connectivity index (χ2v) is 6.04. The van der Waals surface area contributed by atoms with Crippen LogP contribution in [0.3, 0.4) is 0 Å². The van der Waals surface area contributed by atoms with Crippen molar-refractivity contribution in [3.8, 4) is 5.75 Å². The first kappa shape index (κ1) is 14.4. The first-order chi connectivity index (χ1) is 9.11. The van der Waals surface area contributed by atoms with Crippen LogP contribution in [-0.2, 0) is 4.79 Å².